The van der Waals surface area contributed by atoms with Gasteiger partial charge in [0.05, 0.1) is 28.6 Å². The van der Waals surface area contributed by atoms with Crippen molar-refractivity contribution < 1.29 is 9.53 Å². The van der Waals surface area contributed by atoms with Gasteiger partial charge in [-0.15, -0.1) is 0 Å². The molecule has 0 radical (unpaired) electrons. The average molecular weight is 359 g/mol. The molecule has 2 heterocycles. The summed E-state index contributed by atoms with van der Waals surface area (Å²) < 4.78 is 5.71. The Labute approximate surface area is 147 Å². The molecule has 0 atom stereocenters. The van der Waals surface area contributed by atoms with Gasteiger partial charge in [-0.3, -0.25) is 20.1 Å². The topological polar surface area (TPSA) is 131 Å². The second kappa shape index (κ2) is 6.70. The Morgan fingerprint density at radius 2 is 2.08 bits per heavy atom. The number of nitrogen functional groups attached to an aromatic ring is 1. The number of hydrogen-bond donors (Lipinski definition) is 4. The predicted octanol–water partition coefficient (Wildman–Crippen LogP) is 2.27. The zero-order chi connectivity index (χ0) is 18.0. The van der Waals surface area contributed by atoms with E-state index in [1.165, 1.54) is 19.4 Å². The number of benzene rings is 1. The van der Waals surface area contributed by atoms with Crippen molar-refractivity contribution in [3.63, 3.8) is 0 Å². The van der Waals surface area contributed by atoms with Crippen molar-refractivity contribution >= 4 is 40.1 Å². The van der Waals surface area contributed by atoms with Gasteiger partial charge in [0.25, 0.3) is 5.91 Å². The number of anilines is 1. The second-order valence-electron chi connectivity index (χ2n) is 5.17. The third kappa shape index (κ3) is 3.64. The summed E-state index contributed by atoms with van der Waals surface area (Å²) in [7, 11) is 1.48. The van der Waals surface area contributed by atoms with Gasteiger partial charge in [0.1, 0.15) is 17.2 Å². The van der Waals surface area contributed by atoms with Crippen LogP contribution in [0.2, 0.25) is 5.02 Å². The normalized spacial score (nSPS) is 11.5. The molecule has 6 N–H and O–H groups in total. The Morgan fingerprint density at radius 1 is 1.28 bits per heavy atom. The Hall–Kier alpha value is -3.26. The minimum Gasteiger partial charge on any atom is -0.456 e. The second-order valence-corrected chi connectivity index (χ2v) is 5.58. The van der Waals surface area contributed by atoms with E-state index in [0.29, 0.717) is 38.8 Å². The first-order valence-corrected chi connectivity index (χ1v) is 7.58. The van der Waals surface area contributed by atoms with E-state index in [1.54, 1.807) is 24.3 Å². The number of ether oxygens (including phenoxy) is 1. The Kier molecular flexibility index (Phi) is 4.44. The number of nitrogens with two attached hydrogens (primary N) is 2. The maximum atomic E-state index is 12.1. The molecule has 25 heavy (non-hydrogen) atoms. The van der Waals surface area contributed by atoms with Gasteiger partial charge >= 0.3 is 0 Å². The number of guanidine groups is 1. The quantitative estimate of drug-likeness (QED) is 0.421. The van der Waals surface area contributed by atoms with E-state index >= 15 is 0 Å². The van der Waals surface area contributed by atoms with Gasteiger partial charge in [0.2, 0.25) is 0 Å². The van der Waals surface area contributed by atoms with Crippen LogP contribution in [0, 0.1) is 0 Å². The molecule has 9 heteroatoms. The molecule has 0 spiro atoms. The molecule has 2 aromatic heterocycles. The highest BCUT2D eigenvalue weighted by Crippen LogP contribution is 2.32. The number of aromatic amines is 1. The summed E-state index contributed by atoms with van der Waals surface area (Å²) in [5.74, 6) is 0.561. The van der Waals surface area contributed by atoms with Gasteiger partial charge in [-0.1, -0.05) is 11.6 Å². The summed E-state index contributed by atoms with van der Waals surface area (Å²) in [6.45, 7) is 0. The number of H-pyrrole nitrogens is 1. The van der Waals surface area contributed by atoms with Crippen molar-refractivity contribution in [2.45, 2.75) is 0 Å². The molecule has 3 rings (SSSR count). The lowest BCUT2D eigenvalue weighted by Gasteiger charge is -2.06. The van der Waals surface area contributed by atoms with E-state index in [1.807, 2.05) is 0 Å². The molecule has 0 saturated heterocycles. The van der Waals surface area contributed by atoms with Crippen LogP contribution >= 0.6 is 11.6 Å². The summed E-state index contributed by atoms with van der Waals surface area (Å²) in [6, 6.07) is 6.64. The van der Waals surface area contributed by atoms with Crippen molar-refractivity contribution in [2.24, 2.45) is 10.7 Å². The fraction of sp³-hybridized carbons (Fsp3) is 0.0625. The molecule has 1 aromatic carbocycles. The smallest absolute Gasteiger partial charge is 0.274 e. The average Bonchev–Trinajstić information content (AvgIpc) is 2.99. The molecule has 0 saturated carbocycles. The van der Waals surface area contributed by atoms with Crippen LogP contribution in [0.25, 0.3) is 10.9 Å². The summed E-state index contributed by atoms with van der Waals surface area (Å²) in [4.78, 5) is 22.7. The van der Waals surface area contributed by atoms with Crippen LogP contribution in [0.4, 0.5) is 5.69 Å². The number of hydrogen-bond acceptors (Lipinski definition) is 5. The first-order chi connectivity index (χ1) is 12.0. The third-order valence-electron chi connectivity index (χ3n) is 3.36. The minimum absolute atomic E-state index is 0.0212. The number of fused-ring (bicyclic) bond motifs is 1. The largest absolute Gasteiger partial charge is 0.456 e. The molecule has 0 aliphatic rings. The third-order valence-corrected chi connectivity index (χ3v) is 3.67. The maximum absolute atomic E-state index is 12.1. The number of amides is 1. The summed E-state index contributed by atoms with van der Waals surface area (Å²) in [6.07, 6.45) is 3.05. The Morgan fingerprint density at radius 3 is 2.80 bits per heavy atom. The molecule has 3 aromatic rings. The van der Waals surface area contributed by atoms with Crippen LogP contribution in [0.3, 0.4) is 0 Å². The number of aliphatic imine (C=N–C) groups is 1. The number of nitrogens with zero attached hydrogens (tertiary/aromatic N) is 2. The number of nitrogens with one attached hydrogen (secondary N) is 2. The lowest BCUT2D eigenvalue weighted by atomic mass is 10.2. The van der Waals surface area contributed by atoms with E-state index in [0.717, 1.165) is 0 Å². The SMILES string of the molecule is CN=C(N)NC(=O)c1cc2c(Cl)cc(Oc3cncc(N)c3)cc2[nH]1. The van der Waals surface area contributed by atoms with Crippen LogP contribution < -0.4 is 21.5 Å². The zero-order valence-electron chi connectivity index (χ0n) is 13.2. The highest BCUT2D eigenvalue weighted by molar-refractivity contribution is 6.35. The van der Waals surface area contributed by atoms with E-state index in [9.17, 15) is 4.79 Å². The van der Waals surface area contributed by atoms with Crippen molar-refractivity contribution in [2.75, 3.05) is 12.8 Å². The molecule has 0 unspecified atom stereocenters. The Bertz CT molecular complexity index is 982. The van der Waals surface area contributed by atoms with Crippen molar-refractivity contribution in [3.8, 4) is 11.5 Å². The van der Waals surface area contributed by atoms with E-state index in [4.69, 9.17) is 27.8 Å². The van der Waals surface area contributed by atoms with Crippen molar-refractivity contribution in [3.05, 3.63) is 47.4 Å². The molecule has 0 fully saturated rings. The first kappa shape index (κ1) is 16.6. The number of aromatic nitrogens is 2. The van der Waals surface area contributed by atoms with Gasteiger partial charge in [0.15, 0.2) is 5.96 Å². The maximum Gasteiger partial charge on any atom is 0.274 e. The fourth-order valence-electron chi connectivity index (χ4n) is 2.22. The molecule has 0 bridgehead atoms. The van der Waals surface area contributed by atoms with Crippen molar-refractivity contribution in [1.29, 1.82) is 0 Å². The van der Waals surface area contributed by atoms with Gasteiger partial charge in [0, 0.05) is 30.6 Å². The monoisotopic (exact) mass is 358 g/mol. The van der Waals surface area contributed by atoms with Crippen LogP contribution in [0.1, 0.15) is 10.5 Å². The first-order valence-electron chi connectivity index (χ1n) is 7.20. The molecule has 0 aliphatic heterocycles. The van der Waals surface area contributed by atoms with Gasteiger partial charge in [-0.25, -0.2) is 0 Å². The van der Waals surface area contributed by atoms with Crippen LogP contribution in [-0.4, -0.2) is 28.9 Å². The van der Waals surface area contributed by atoms with Crippen LogP contribution in [0.5, 0.6) is 11.5 Å². The van der Waals surface area contributed by atoms with Gasteiger partial charge < -0.3 is 21.2 Å². The molecular formula is C16H15ClN6O2. The highest BCUT2D eigenvalue weighted by Gasteiger charge is 2.13. The Balaban J connectivity index is 1.92. The van der Waals surface area contributed by atoms with Crippen molar-refractivity contribution in [1.82, 2.24) is 15.3 Å². The highest BCUT2D eigenvalue weighted by atomic mass is 35.5. The lowest BCUT2D eigenvalue weighted by molar-refractivity contribution is 0.0972. The van der Waals surface area contributed by atoms with Crippen LogP contribution in [-0.2, 0) is 0 Å². The van der Waals surface area contributed by atoms with Gasteiger partial charge in [-0.05, 0) is 6.07 Å². The number of pyridine rings is 1. The summed E-state index contributed by atoms with van der Waals surface area (Å²) in [5, 5.41) is 3.55. The lowest BCUT2D eigenvalue weighted by Crippen LogP contribution is -2.36. The van der Waals surface area contributed by atoms with Crippen LogP contribution in [0.15, 0.2) is 41.7 Å². The van der Waals surface area contributed by atoms with Gasteiger partial charge in [-0.2, -0.15) is 0 Å². The van der Waals surface area contributed by atoms with E-state index in [-0.39, 0.29) is 5.96 Å². The molecule has 0 aliphatic carbocycles. The predicted molar refractivity (Wildman–Crippen MR) is 97.0 cm³/mol. The van der Waals surface area contributed by atoms with E-state index in [2.05, 4.69) is 20.3 Å². The fourth-order valence-corrected chi connectivity index (χ4v) is 2.48. The minimum atomic E-state index is -0.419. The number of halogens is 1. The molecule has 8 nitrogen and oxygen atoms in total. The number of rotatable bonds is 3. The molecule has 1 amide bonds. The molecular weight excluding hydrogens is 344 g/mol. The molecule has 128 valence electrons. The number of carbonyl (C=O) groups excluding carboxylic acids is 1. The summed E-state index contributed by atoms with van der Waals surface area (Å²) in [5.41, 5.74) is 12.6. The number of carbonyl (C=O) groups is 1. The standard InChI is InChI=1S/C16H15ClN6O2/c1-20-16(19)23-15(24)14-5-11-12(17)3-9(4-13(11)22-14)25-10-2-8(18)6-21-7-10/h2-7,22H,18H2,1H3,(H3,19,20,23,24). The zero-order valence-corrected chi connectivity index (χ0v) is 14.0. The summed E-state index contributed by atoms with van der Waals surface area (Å²) >= 11 is 6.29. The van der Waals surface area contributed by atoms with E-state index < -0.39 is 5.91 Å².